The number of hydrogen-bond acceptors (Lipinski definition) is 4. The Morgan fingerprint density at radius 1 is 1.15 bits per heavy atom. The summed E-state index contributed by atoms with van der Waals surface area (Å²) in [6.45, 7) is 2.24. The fraction of sp³-hybridized carbons (Fsp3) is 0.550. The number of nitrogens with one attached hydrogen (secondary N) is 1. The first-order valence-electron chi connectivity index (χ1n) is 9.65. The van der Waals surface area contributed by atoms with E-state index in [0.29, 0.717) is 23.6 Å². The van der Waals surface area contributed by atoms with Crippen LogP contribution in [0.25, 0.3) is 5.69 Å². The number of rotatable bonds is 6. The van der Waals surface area contributed by atoms with Crippen LogP contribution in [0.15, 0.2) is 35.5 Å². The molecule has 26 heavy (non-hydrogen) atoms. The number of amides is 1. The van der Waals surface area contributed by atoms with Gasteiger partial charge in [-0.2, -0.15) is 0 Å². The van der Waals surface area contributed by atoms with Crippen LogP contribution < -0.4 is 5.32 Å². The first-order chi connectivity index (χ1) is 12.7. The van der Waals surface area contributed by atoms with Gasteiger partial charge in [0.05, 0.1) is 5.75 Å². The number of aromatic nitrogens is 3. The maximum Gasteiger partial charge on any atom is 0.230 e. The predicted molar refractivity (Wildman–Crippen MR) is 104 cm³/mol. The van der Waals surface area contributed by atoms with Crippen molar-refractivity contribution in [3.8, 4) is 5.69 Å². The van der Waals surface area contributed by atoms with E-state index in [0.717, 1.165) is 23.1 Å². The fourth-order valence-corrected chi connectivity index (χ4v) is 4.48. The molecular weight excluding hydrogens is 344 g/mol. The summed E-state index contributed by atoms with van der Waals surface area (Å²) in [5.41, 5.74) is 1.07. The summed E-state index contributed by atoms with van der Waals surface area (Å²) in [6, 6.07) is 10.5. The van der Waals surface area contributed by atoms with Gasteiger partial charge in [-0.15, -0.1) is 10.2 Å². The van der Waals surface area contributed by atoms with Crippen LogP contribution in [0.4, 0.5) is 0 Å². The largest absolute Gasteiger partial charge is 0.352 e. The Morgan fingerprint density at radius 2 is 1.92 bits per heavy atom. The molecule has 1 aromatic carbocycles. The van der Waals surface area contributed by atoms with Crippen LogP contribution in [0, 0.1) is 5.92 Å². The molecule has 2 fully saturated rings. The molecule has 2 unspecified atom stereocenters. The molecule has 4 rings (SSSR count). The first-order valence-corrected chi connectivity index (χ1v) is 10.6. The van der Waals surface area contributed by atoms with Crippen molar-refractivity contribution < 1.29 is 4.79 Å². The Balaban J connectivity index is 1.44. The van der Waals surface area contributed by atoms with Gasteiger partial charge >= 0.3 is 0 Å². The predicted octanol–water partition coefficient (Wildman–Crippen LogP) is 3.93. The Bertz CT molecular complexity index is 756. The third-order valence-electron chi connectivity index (χ3n) is 5.41. The normalized spacial score (nSPS) is 23.0. The minimum Gasteiger partial charge on any atom is -0.352 e. The molecule has 0 saturated heterocycles. The summed E-state index contributed by atoms with van der Waals surface area (Å²) in [7, 11) is 0. The van der Waals surface area contributed by atoms with Crippen molar-refractivity contribution >= 4 is 17.7 Å². The maximum absolute atomic E-state index is 12.4. The van der Waals surface area contributed by atoms with E-state index in [1.54, 1.807) is 0 Å². The minimum atomic E-state index is 0.101. The lowest BCUT2D eigenvalue weighted by atomic mass is 9.86. The average molecular weight is 371 g/mol. The van der Waals surface area contributed by atoms with Crippen LogP contribution in [-0.4, -0.2) is 32.5 Å². The molecule has 2 aliphatic carbocycles. The molecule has 0 radical (unpaired) electrons. The SMILES string of the molecule is CC1CCCCC1NC(=O)CSc1nnc(C2CC2)n1-c1ccccc1. The lowest BCUT2D eigenvalue weighted by Crippen LogP contribution is -2.41. The smallest absolute Gasteiger partial charge is 0.230 e. The van der Waals surface area contributed by atoms with E-state index in [-0.39, 0.29) is 5.91 Å². The van der Waals surface area contributed by atoms with E-state index in [1.165, 1.54) is 43.9 Å². The highest BCUT2D eigenvalue weighted by molar-refractivity contribution is 7.99. The van der Waals surface area contributed by atoms with Crippen molar-refractivity contribution in [3.63, 3.8) is 0 Å². The highest BCUT2D eigenvalue weighted by Crippen LogP contribution is 2.41. The molecule has 0 spiro atoms. The Hall–Kier alpha value is -1.82. The summed E-state index contributed by atoms with van der Waals surface area (Å²) in [5, 5.41) is 12.8. The zero-order chi connectivity index (χ0) is 17.9. The van der Waals surface area contributed by atoms with E-state index in [1.807, 2.05) is 18.2 Å². The number of carbonyl (C=O) groups is 1. The molecule has 2 aromatic rings. The average Bonchev–Trinajstić information content (AvgIpc) is 3.42. The van der Waals surface area contributed by atoms with E-state index in [4.69, 9.17) is 0 Å². The molecule has 1 heterocycles. The van der Waals surface area contributed by atoms with Gasteiger partial charge in [0.1, 0.15) is 5.82 Å². The van der Waals surface area contributed by atoms with Crippen LogP contribution in [0.5, 0.6) is 0 Å². The number of carbonyl (C=O) groups excluding carboxylic acids is 1. The Labute approximate surface area is 159 Å². The Morgan fingerprint density at radius 3 is 2.65 bits per heavy atom. The zero-order valence-corrected chi connectivity index (χ0v) is 16.0. The van der Waals surface area contributed by atoms with Crippen molar-refractivity contribution in [2.24, 2.45) is 5.92 Å². The lowest BCUT2D eigenvalue weighted by molar-refractivity contribution is -0.119. The number of thioether (sulfide) groups is 1. The second-order valence-corrected chi connectivity index (χ2v) is 8.45. The van der Waals surface area contributed by atoms with Crippen molar-refractivity contribution in [2.75, 3.05) is 5.75 Å². The van der Waals surface area contributed by atoms with Gasteiger partial charge in [0.25, 0.3) is 0 Å². The van der Waals surface area contributed by atoms with E-state index in [9.17, 15) is 4.79 Å². The molecule has 0 aliphatic heterocycles. The molecule has 2 atom stereocenters. The van der Waals surface area contributed by atoms with Gasteiger partial charge in [0.15, 0.2) is 5.16 Å². The van der Waals surface area contributed by atoms with E-state index < -0.39 is 0 Å². The molecule has 1 amide bonds. The second kappa shape index (κ2) is 7.82. The van der Waals surface area contributed by atoms with Gasteiger partial charge in [0.2, 0.25) is 5.91 Å². The number of benzene rings is 1. The number of para-hydroxylation sites is 1. The first kappa shape index (κ1) is 17.6. The molecule has 0 bridgehead atoms. The molecular formula is C20H26N4OS. The van der Waals surface area contributed by atoms with Crippen molar-refractivity contribution in [3.05, 3.63) is 36.2 Å². The third kappa shape index (κ3) is 3.95. The third-order valence-corrected chi connectivity index (χ3v) is 6.33. The van der Waals surface area contributed by atoms with Gasteiger partial charge in [-0.1, -0.05) is 49.7 Å². The highest BCUT2D eigenvalue weighted by Gasteiger charge is 2.31. The van der Waals surface area contributed by atoms with Gasteiger partial charge in [0, 0.05) is 17.6 Å². The second-order valence-electron chi connectivity index (χ2n) is 7.51. The summed E-state index contributed by atoms with van der Waals surface area (Å²) >= 11 is 1.48. The van der Waals surface area contributed by atoms with Crippen LogP contribution in [-0.2, 0) is 4.79 Å². The molecule has 1 N–H and O–H groups in total. The molecule has 138 valence electrons. The summed E-state index contributed by atoms with van der Waals surface area (Å²) < 4.78 is 2.12. The molecule has 1 aromatic heterocycles. The lowest BCUT2D eigenvalue weighted by Gasteiger charge is -2.29. The monoisotopic (exact) mass is 370 g/mol. The van der Waals surface area contributed by atoms with Gasteiger partial charge in [-0.05, 0) is 43.7 Å². The van der Waals surface area contributed by atoms with Gasteiger partial charge in [-0.25, -0.2) is 0 Å². The summed E-state index contributed by atoms with van der Waals surface area (Å²) in [5.74, 6) is 2.60. The van der Waals surface area contributed by atoms with Crippen LogP contribution in [0.3, 0.4) is 0 Å². The van der Waals surface area contributed by atoms with E-state index in [2.05, 4.69) is 39.1 Å². The van der Waals surface area contributed by atoms with Gasteiger partial charge < -0.3 is 5.32 Å². The quantitative estimate of drug-likeness (QED) is 0.783. The molecule has 2 aliphatic rings. The van der Waals surface area contributed by atoms with E-state index >= 15 is 0 Å². The molecule has 5 nitrogen and oxygen atoms in total. The fourth-order valence-electron chi connectivity index (χ4n) is 3.71. The summed E-state index contributed by atoms with van der Waals surface area (Å²) in [4.78, 5) is 12.4. The molecule has 2 saturated carbocycles. The minimum absolute atomic E-state index is 0.101. The number of nitrogens with zero attached hydrogens (tertiary/aromatic N) is 3. The topological polar surface area (TPSA) is 59.8 Å². The van der Waals surface area contributed by atoms with Crippen molar-refractivity contribution in [1.82, 2.24) is 20.1 Å². The summed E-state index contributed by atoms with van der Waals surface area (Å²) in [6.07, 6.45) is 7.17. The number of hydrogen-bond donors (Lipinski definition) is 1. The maximum atomic E-state index is 12.4. The highest BCUT2D eigenvalue weighted by atomic mass is 32.2. The molecule has 6 heteroatoms. The standard InChI is InChI=1S/C20H26N4OS/c1-14-7-5-6-10-17(14)21-18(25)13-26-20-23-22-19(15-11-12-15)24(20)16-8-3-2-4-9-16/h2-4,8-9,14-15,17H,5-7,10-13H2,1H3,(H,21,25). The zero-order valence-electron chi connectivity index (χ0n) is 15.2. The Kier molecular flexibility index (Phi) is 5.29. The van der Waals surface area contributed by atoms with Crippen LogP contribution >= 0.6 is 11.8 Å². The van der Waals surface area contributed by atoms with Crippen LogP contribution in [0.2, 0.25) is 0 Å². The van der Waals surface area contributed by atoms with Crippen molar-refractivity contribution in [2.45, 2.75) is 62.6 Å². The van der Waals surface area contributed by atoms with Gasteiger partial charge in [-0.3, -0.25) is 9.36 Å². The van der Waals surface area contributed by atoms with Crippen molar-refractivity contribution in [1.29, 1.82) is 0 Å². The van der Waals surface area contributed by atoms with Crippen LogP contribution in [0.1, 0.15) is 57.2 Å².